The van der Waals surface area contributed by atoms with Crippen LogP contribution in [0.5, 0.6) is 5.75 Å². The molecule has 0 aliphatic rings. The van der Waals surface area contributed by atoms with Crippen molar-refractivity contribution >= 4 is 0 Å². The van der Waals surface area contributed by atoms with Crippen molar-refractivity contribution in [3.8, 4) is 5.75 Å². The Labute approximate surface area is 99.6 Å². The fourth-order valence-electron chi connectivity index (χ4n) is 1.43. The fraction of sp³-hybridized carbons (Fsp3) is 0.182. The van der Waals surface area contributed by atoms with Crippen LogP contribution in [0.2, 0.25) is 0 Å². The highest BCUT2D eigenvalue weighted by atomic mass is 19.4. The second-order valence-corrected chi connectivity index (χ2v) is 3.52. The van der Waals surface area contributed by atoms with Crippen LogP contribution in [0.3, 0.4) is 0 Å². The van der Waals surface area contributed by atoms with Crippen LogP contribution in [0.25, 0.3) is 0 Å². The van der Waals surface area contributed by atoms with Gasteiger partial charge in [0.1, 0.15) is 0 Å². The fourth-order valence-corrected chi connectivity index (χ4v) is 1.43. The van der Waals surface area contributed by atoms with Gasteiger partial charge in [-0.15, -0.1) is 13.2 Å². The molecule has 0 fully saturated rings. The van der Waals surface area contributed by atoms with Crippen LogP contribution in [0.15, 0.2) is 36.7 Å². The van der Waals surface area contributed by atoms with E-state index in [1.807, 2.05) is 0 Å². The minimum Gasteiger partial charge on any atom is -0.403 e. The van der Waals surface area contributed by atoms with Gasteiger partial charge >= 0.3 is 6.36 Å². The Morgan fingerprint density at radius 2 is 2.06 bits per heavy atom. The van der Waals surface area contributed by atoms with Crippen LogP contribution in [-0.2, 0) is 6.54 Å². The van der Waals surface area contributed by atoms with Gasteiger partial charge in [-0.3, -0.25) is 4.68 Å². The molecule has 0 radical (unpaired) electrons. The molecule has 0 N–H and O–H groups in total. The molecule has 0 spiro atoms. The summed E-state index contributed by atoms with van der Waals surface area (Å²) in [6, 6.07) is 4.98. The largest absolute Gasteiger partial charge is 0.573 e. The summed E-state index contributed by atoms with van der Waals surface area (Å²) in [5.74, 6) is -1.90. The first-order chi connectivity index (χ1) is 8.44. The molecule has 18 heavy (non-hydrogen) atoms. The van der Waals surface area contributed by atoms with E-state index in [4.69, 9.17) is 0 Å². The maximum absolute atomic E-state index is 13.4. The number of halogens is 4. The Morgan fingerprint density at radius 3 is 2.61 bits per heavy atom. The summed E-state index contributed by atoms with van der Waals surface area (Å²) in [4.78, 5) is 0. The summed E-state index contributed by atoms with van der Waals surface area (Å²) in [5.41, 5.74) is 0.491. The molecule has 0 unspecified atom stereocenters. The molecular formula is C11H8F4N2O. The van der Waals surface area contributed by atoms with E-state index in [0.717, 1.165) is 12.1 Å². The van der Waals surface area contributed by atoms with E-state index in [-0.39, 0.29) is 6.54 Å². The highest BCUT2D eigenvalue weighted by molar-refractivity contribution is 5.29. The lowest BCUT2D eigenvalue weighted by Crippen LogP contribution is -2.18. The predicted octanol–water partition coefficient (Wildman–Crippen LogP) is 2.97. The van der Waals surface area contributed by atoms with E-state index >= 15 is 0 Å². The van der Waals surface area contributed by atoms with Crippen LogP contribution < -0.4 is 4.74 Å². The average Bonchev–Trinajstić information content (AvgIpc) is 2.73. The van der Waals surface area contributed by atoms with Crippen molar-refractivity contribution in [2.75, 3.05) is 0 Å². The van der Waals surface area contributed by atoms with E-state index < -0.39 is 17.9 Å². The number of nitrogens with zero attached hydrogens (tertiary/aromatic N) is 2. The summed E-state index contributed by atoms with van der Waals surface area (Å²) in [6.45, 7) is 0.274. The summed E-state index contributed by atoms with van der Waals surface area (Å²) < 4.78 is 54.2. The number of hydrogen-bond acceptors (Lipinski definition) is 2. The summed E-state index contributed by atoms with van der Waals surface area (Å²) >= 11 is 0. The van der Waals surface area contributed by atoms with Gasteiger partial charge in [-0.25, -0.2) is 4.39 Å². The molecule has 0 saturated carbocycles. The molecule has 0 aliphatic heterocycles. The summed E-state index contributed by atoms with van der Waals surface area (Å²) in [7, 11) is 0. The van der Waals surface area contributed by atoms with E-state index in [2.05, 4.69) is 9.84 Å². The van der Waals surface area contributed by atoms with Gasteiger partial charge in [0.2, 0.25) is 0 Å². The standard InChI is InChI=1S/C11H8F4N2O/c12-9-6-8(7-17-5-1-4-16-17)2-3-10(9)18-11(13,14)15/h1-6H,7H2. The van der Waals surface area contributed by atoms with E-state index in [0.29, 0.717) is 5.56 Å². The maximum atomic E-state index is 13.4. The molecule has 0 saturated heterocycles. The molecule has 1 aromatic heterocycles. The van der Waals surface area contributed by atoms with Gasteiger partial charge in [0.15, 0.2) is 11.6 Å². The normalized spacial score (nSPS) is 11.6. The lowest BCUT2D eigenvalue weighted by molar-refractivity contribution is -0.275. The molecule has 1 heterocycles. The van der Waals surface area contributed by atoms with Crippen LogP contribution >= 0.6 is 0 Å². The molecule has 7 heteroatoms. The third-order valence-electron chi connectivity index (χ3n) is 2.13. The van der Waals surface area contributed by atoms with Gasteiger partial charge in [-0.2, -0.15) is 5.10 Å². The molecule has 0 aliphatic carbocycles. The van der Waals surface area contributed by atoms with Crippen LogP contribution in [0.4, 0.5) is 17.6 Å². The monoisotopic (exact) mass is 260 g/mol. The van der Waals surface area contributed by atoms with Crippen molar-refractivity contribution in [2.45, 2.75) is 12.9 Å². The number of ether oxygens (including phenoxy) is 1. The number of benzene rings is 1. The zero-order chi connectivity index (χ0) is 13.2. The SMILES string of the molecule is Fc1cc(Cn2cccn2)ccc1OC(F)(F)F. The van der Waals surface area contributed by atoms with E-state index in [9.17, 15) is 17.6 Å². The zero-order valence-electron chi connectivity index (χ0n) is 8.99. The van der Waals surface area contributed by atoms with Gasteiger partial charge < -0.3 is 4.74 Å². The Balaban J connectivity index is 2.14. The molecule has 2 aromatic rings. The van der Waals surface area contributed by atoms with Gasteiger partial charge in [-0.1, -0.05) is 6.07 Å². The average molecular weight is 260 g/mol. The third kappa shape index (κ3) is 3.22. The molecule has 0 amide bonds. The third-order valence-corrected chi connectivity index (χ3v) is 2.13. The lowest BCUT2D eigenvalue weighted by Gasteiger charge is -2.10. The van der Waals surface area contributed by atoms with Crippen LogP contribution in [0.1, 0.15) is 5.56 Å². The Kier molecular flexibility index (Phi) is 3.22. The molecule has 1 aromatic carbocycles. The molecule has 0 atom stereocenters. The molecule has 2 rings (SSSR count). The Morgan fingerprint density at radius 1 is 1.28 bits per heavy atom. The lowest BCUT2D eigenvalue weighted by atomic mass is 10.2. The van der Waals surface area contributed by atoms with Gasteiger partial charge in [-0.05, 0) is 23.8 Å². The van der Waals surface area contributed by atoms with Crippen molar-refractivity contribution in [1.82, 2.24) is 9.78 Å². The maximum Gasteiger partial charge on any atom is 0.573 e. The van der Waals surface area contributed by atoms with Crippen molar-refractivity contribution < 1.29 is 22.3 Å². The highest BCUT2D eigenvalue weighted by Crippen LogP contribution is 2.26. The van der Waals surface area contributed by atoms with Gasteiger partial charge in [0.05, 0.1) is 6.54 Å². The van der Waals surface area contributed by atoms with Crippen molar-refractivity contribution in [3.63, 3.8) is 0 Å². The van der Waals surface area contributed by atoms with Gasteiger partial charge in [0.25, 0.3) is 0 Å². The van der Waals surface area contributed by atoms with Crippen molar-refractivity contribution in [3.05, 3.63) is 48.0 Å². The summed E-state index contributed by atoms with van der Waals surface area (Å²) in [5, 5.41) is 3.91. The second-order valence-electron chi connectivity index (χ2n) is 3.52. The number of aromatic nitrogens is 2. The quantitative estimate of drug-likeness (QED) is 0.793. The molecule has 96 valence electrons. The van der Waals surface area contributed by atoms with Crippen molar-refractivity contribution in [2.24, 2.45) is 0 Å². The first-order valence-electron chi connectivity index (χ1n) is 4.96. The van der Waals surface area contributed by atoms with Crippen molar-refractivity contribution in [1.29, 1.82) is 0 Å². The zero-order valence-corrected chi connectivity index (χ0v) is 8.99. The molecular weight excluding hydrogens is 252 g/mol. The number of rotatable bonds is 3. The minimum atomic E-state index is -4.90. The topological polar surface area (TPSA) is 27.1 Å². The van der Waals surface area contributed by atoms with Crippen LogP contribution in [-0.4, -0.2) is 16.1 Å². The highest BCUT2D eigenvalue weighted by Gasteiger charge is 2.32. The van der Waals surface area contributed by atoms with Crippen LogP contribution in [0, 0.1) is 5.82 Å². The van der Waals surface area contributed by atoms with E-state index in [1.165, 1.54) is 10.7 Å². The Hall–Kier alpha value is -2.05. The second kappa shape index (κ2) is 4.67. The minimum absolute atomic E-state index is 0.274. The number of hydrogen-bond donors (Lipinski definition) is 0. The molecule has 3 nitrogen and oxygen atoms in total. The van der Waals surface area contributed by atoms with Gasteiger partial charge in [0, 0.05) is 12.4 Å². The smallest absolute Gasteiger partial charge is 0.403 e. The Bertz CT molecular complexity index is 522. The number of alkyl halides is 3. The predicted molar refractivity (Wildman–Crippen MR) is 54.4 cm³/mol. The molecule has 0 bridgehead atoms. The summed E-state index contributed by atoms with van der Waals surface area (Å²) in [6.07, 6.45) is -1.68. The first kappa shape index (κ1) is 12.4. The first-order valence-corrected chi connectivity index (χ1v) is 4.96. The van der Waals surface area contributed by atoms with E-state index in [1.54, 1.807) is 18.5 Å².